The van der Waals surface area contributed by atoms with Gasteiger partial charge in [-0.15, -0.1) is 0 Å². The fraction of sp³-hybridized carbons (Fsp3) is 0.333. The molecule has 0 aromatic heterocycles. The smallest absolute Gasteiger partial charge is 0.0453 e. The van der Waals surface area contributed by atoms with Crippen LogP contribution < -0.4 is 5.73 Å². The lowest BCUT2D eigenvalue weighted by atomic mass is 9.78. The van der Waals surface area contributed by atoms with Gasteiger partial charge in [0.15, 0.2) is 0 Å². The molecule has 2 heteroatoms. The first kappa shape index (κ1) is 15.1. The van der Waals surface area contributed by atoms with E-state index in [1.165, 1.54) is 5.56 Å². The molecule has 0 radical (unpaired) electrons. The van der Waals surface area contributed by atoms with Gasteiger partial charge in [-0.1, -0.05) is 80.4 Å². The molecule has 3 atom stereocenters. The summed E-state index contributed by atoms with van der Waals surface area (Å²) < 4.78 is 0. The van der Waals surface area contributed by atoms with Gasteiger partial charge in [0.05, 0.1) is 0 Å². The van der Waals surface area contributed by atoms with E-state index in [4.69, 9.17) is 17.3 Å². The van der Waals surface area contributed by atoms with Crippen LogP contribution in [0, 0.1) is 5.92 Å². The van der Waals surface area contributed by atoms with Gasteiger partial charge in [-0.05, 0) is 23.1 Å². The zero-order valence-electron chi connectivity index (χ0n) is 12.1. The van der Waals surface area contributed by atoms with Crippen molar-refractivity contribution in [1.82, 2.24) is 0 Å². The lowest BCUT2D eigenvalue weighted by Gasteiger charge is -2.30. The monoisotopic (exact) mass is 287 g/mol. The first-order valence-electron chi connectivity index (χ1n) is 7.20. The van der Waals surface area contributed by atoms with Crippen molar-refractivity contribution in [1.29, 1.82) is 0 Å². The summed E-state index contributed by atoms with van der Waals surface area (Å²) >= 11 is 6.32. The number of rotatable bonds is 5. The number of benzene rings is 2. The predicted octanol–water partition coefficient (Wildman–Crippen LogP) is 5.17. The van der Waals surface area contributed by atoms with Crippen molar-refractivity contribution in [2.45, 2.75) is 32.2 Å². The second-order valence-electron chi connectivity index (χ2n) is 5.37. The third-order valence-electron chi connectivity index (χ3n) is 4.09. The van der Waals surface area contributed by atoms with Crippen molar-refractivity contribution in [3.63, 3.8) is 0 Å². The second-order valence-corrected chi connectivity index (χ2v) is 5.78. The van der Waals surface area contributed by atoms with Gasteiger partial charge in [-0.25, -0.2) is 0 Å². The zero-order chi connectivity index (χ0) is 14.5. The quantitative estimate of drug-likeness (QED) is 0.806. The fourth-order valence-corrected chi connectivity index (χ4v) is 3.02. The highest BCUT2D eigenvalue weighted by molar-refractivity contribution is 6.31. The van der Waals surface area contributed by atoms with E-state index >= 15 is 0 Å². The van der Waals surface area contributed by atoms with Crippen molar-refractivity contribution in [2.24, 2.45) is 11.7 Å². The van der Waals surface area contributed by atoms with Crippen molar-refractivity contribution in [3.8, 4) is 0 Å². The maximum absolute atomic E-state index is 6.56. The van der Waals surface area contributed by atoms with Crippen molar-refractivity contribution < 1.29 is 0 Å². The Bertz CT molecular complexity index is 538. The number of halogens is 1. The van der Waals surface area contributed by atoms with Gasteiger partial charge in [-0.3, -0.25) is 0 Å². The van der Waals surface area contributed by atoms with Crippen molar-refractivity contribution in [3.05, 3.63) is 70.7 Å². The summed E-state index contributed by atoms with van der Waals surface area (Å²) in [6, 6.07) is 18.3. The molecule has 2 aromatic carbocycles. The average Bonchev–Trinajstić information content (AvgIpc) is 2.48. The summed E-state index contributed by atoms with van der Waals surface area (Å²) in [4.78, 5) is 0. The fourth-order valence-electron chi connectivity index (χ4n) is 2.76. The van der Waals surface area contributed by atoms with Gasteiger partial charge in [0, 0.05) is 17.0 Å². The molecule has 106 valence electrons. The summed E-state index contributed by atoms with van der Waals surface area (Å²) in [6.07, 6.45) is 1.09. The molecular formula is C18H22ClN. The van der Waals surface area contributed by atoms with E-state index in [-0.39, 0.29) is 12.0 Å². The lowest BCUT2D eigenvalue weighted by Crippen LogP contribution is -2.25. The van der Waals surface area contributed by atoms with Crippen LogP contribution in [0.15, 0.2) is 54.6 Å². The molecule has 20 heavy (non-hydrogen) atoms. The van der Waals surface area contributed by atoms with Gasteiger partial charge in [0.25, 0.3) is 0 Å². The molecule has 1 nitrogen and oxygen atoms in total. The van der Waals surface area contributed by atoms with Crippen LogP contribution in [0.3, 0.4) is 0 Å². The van der Waals surface area contributed by atoms with Crippen LogP contribution in [0.5, 0.6) is 0 Å². The number of hydrogen-bond donors (Lipinski definition) is 1. The standard InChI is InChI=1S/C18H22ClN/c1-3-13(2)17(14-9-5-4-6-10-14)18(20)15-11-7-8-12-16(15)19/h4-13,17-18H,3,20H2,1-2H3. The summed E-state index contributed by atoms with van der Waals surface area (Å²) in [6.45, 7) is 4.47. The average molecular weight is 288 g/mol. The van der Waals surface area contributed by atoms with E-state index in [1.54, 1.807) is 0 Å². The first-order valence-corrected chi connectivity index (χ1v) is 7.58. The van der Waals surface area contributed by atoms with Gasteiger partial charge in [0.1, 0.15) is 0 Å². The molecule has 0 spiro atoms. The van der Waals surface area contributed by atoms with Gasteiger partial charge >= 0.3 is 0 Å². The molecule has 0 fully saturated rings. The topological polar surface area (TPSA) is 26.0 Å². The highest BCUT2D eigenvalue weighted by atomic mass is 35.5. The van der Waals surface area contributed by atoms with Gasteiger partial charge < -0.3 is 5.73 Å². The molecule has 0 aliphatic rings. The molecular weight excluding hydrogens is 266 g/mol. The van der Waals surface area contributed by atoms with Crippen LogP contribution in [0.2, 0.25) is 5.02 Å². The minimum absolute atomic E-state index is 0.0824. The van der Waals surface area contributed by atoms with Crippen LogP contribution in [0.1, 0.15) is 43.4 Å². The van der Waals surface area contributed by atoms with E-state index in [0.29, 0.717) is 5.92 Å². The molecule has 3 unspecified atom stereocenters. The molecule has 0 amide bonds. The Morgan fingerprint density at radius 3 is 2.20 bits per heavy atom. The normalized spacial score (nSPS) is 15.6. The van der Waals surface area contributed by atoms with Crippen LogP contribution >= 0.6 is 11.6 Å². The SMILES string of the molecule is CCC(C)C(c1ccccc1)C(N)c1ccccc1Cl. The highest BCUT2D eigenvalue weighted by Crippen LogP contribution is 2.38. The van der Waals surface area contributed by atoms with E-state index in [0.717, 1.165) is 17.0 Å². The Morgan fingerprint density at radius 1 is 1.00 bits per heavy atom. The molecule has 0 aliphatic carbocycles. The van der Waals surface area contributed by atoms with Crippen LogP contribution in [-0.4, -0.2) is 0 Å². The summed E-state index contributed by atoms with van der Waals surface area (Å²) in [5.41, 5.74) is 8.88. The molecule has 0 aliphatic heterocycles. The second kappa shape index (κ2) is 6.92. The minimum Gasteiger partial charge on any atom is -0.323 e. The predicted molar refractivity (Wildman–Crippen MR) is 87.0 cm³/mol. The summed E-state index contributed by atoms with van der Waals surface area (Å²) in [7, 11) is 0. The third kappa shape index (κ3) is 3.23. The Morgan fingerprint density at radius 2 is 1.60 bits per heavy atom. The number of nitrogens with two attached hydrogens (primary N) is 1. The Hall–Kier alpha value is -1.31. The highest BCUT2D eigenvalue weighted by Gasteiger charge is 2.27. The first-order chi connectivity index (χ1) is 9.65. The molecule has 2 rings (SSSR count). The van der Waals surface area contributed by atoms with Crippen LogP contribution in [0.4, 0.5) is 0 Å². The van der Waals surface area contributed by atoms with Gasteiger partial charge in [-0.2, -0.15) is 0 Å². The molecule has 0 saturated heterocycles. The molecule has 0 heterocycles. The maximum Gasteiger partial charge on any atom is 0.0453 e. The van der Waals surface area contributed by atoms with Crippen molar-refractivity contribution in [2.75, 3.05) is 0 Å². The lowest BCUT2D eigenvalue weighted by molar-refractivity contribution is 0.388. The van der Waals surface area contributed by atoms with Gasteiger partial charge in [0.2, 0.25) is 0 Å². The van der Waals surface area contributed by atoms with Crippen LogP contribution in [0.25, 0.3) is 0 Å². The number of hydrogen-bond acceptors (Lipinski definition) is 1. The van der Waals surface area contributed by atoms with E-state index in [1.807, 2.05) is 30.3 Å². The van der Waals surface area contributed by atoms with E-state index < -0.39 is 0 Å². The minimum atomic E-state index is -0.0824. The third-order valence-corrected chi connectivity index (χ3v) is 4.44. The molecule has 0 bridgehead atoms. The summed E-state index contributed by atoms with van der Waals surface area (Å²) in [5.74, 6) is 0.782. The zero-order valence-corrected chi connectivity index (χ0v) is 12.8. The largest absolute Gasteiger partial charge is 0.323 e. The van der Waals surface area contributed by atoms with E-state index in [9.17, 15) is 0 Å². The Labute approximate surface area is 126 Å². The summed E-state index contributed by atoms with van der Waals surface area (Å²) in [5, 5.41) is 0.754. The Balaban J connectivity index is 2.40. The van der Waals surface area contributed by atoms with Crippen LogP contribution in [-0.2, 0) is 0 Å². The molecule has 2 aromatic rings. The maximum atomic E-state index is 6.56. The molecule has 0 saturated carbocycles. The Kier molecular flexibility index (Phi) is 5.22. The van der Waals surface area contributed by atoms with Crippen molar-refractivity contribution >= 4 is 11.6 Å². The molecule has 2 N–H and O–H groups in total. The van der Waals surface area contributed by atoms with E-state index in [2.05, 4.69) is 38.1 Å².